The molecule has 1 aliphatic carbocycles. The van der Waals surface area contributed by atoms with Crippen LogP contribution in [0.5, 0.6) is 0 Å². The summed E-state index contributed by atoms with van der Waals surface area (Å²) < 4.78 is 28.0. The lowest BCUT2D eigenvalue weighted by atomic mass is 9.97. The summed E-state index contributed by atoms with van der Waals surface area (Å²) in [6.45, 7) is 4.03. The molecule has 0 spiro atoms. The van der Waals surface area contributed by atoms with Gasteiger partial charge in [0.15, 0.2) is 0 Å². The number of sulfonamides is 1. The maximum absolute atomic E-state index is 13.4. The molecule has 0 unspecified atom stereocenters. The van der Waals surface area contributed by atoms with E-state index in [1.165, 1.54) is 22.7 Å². The molecule has 3 rings (SSSR count). The summed E-state index contributed by atoms with van der Waals surface area (Å²) in [5.41, 5.74) is 3.67. The van der Waals surface area contributed by atoms with Crippen LogP contribution in [0.3, 0.4) is 0 Å². The van der Waals surface area contributed by atoms with Gasteiger partial charge >= 0.3 is 0 Å². The van der Waals surface area contributed by atoms with E-state index in [2.05, 4.69) is 11.4 Å². The van der Waals surface area contributed by atoms with E-state index in [4.69, 9.17) is 0 Å². The summed E-state index contributed by atoms with van der Waals surface area (Å²) in [7, 11) is -3.87. The Morgan fingerprint density at radius 1 is 1.03 bits per heavy atom. The van der Waals surface area contributed by atoms with Gasteiger partial charge in [-0.2, -0.15) is 0 Å². The van der Waals surface area contributed by atoms with Crippen LogP contribution in [0.15, 0.2) is 65.1 Å². The number of carbonyl (C=O) groups excluding carboxylic acids is 1. The maximum atomic E-state index is 13.4. The Labute approximate surface area is 179 Å². The number of rotatable bonds is 8. The van der Waals surface area contributed by atoms with Crippen molar-refractivity contribution < 1.29 is 13.2 Å². The lowest BCUT2D eigenvalue weighted by Gasteiger charge is -2.25. The van der Waals surface area contributed by atoms with E-state index in [0.29, 0.717) is 12.2 Å². The molecule has 2 aromatic rings. The highest BCUT2D eigenvalue weighted by molar-refractivity contribution is 7.92. The van der Waals surface area contributed by atoms with Crippen LogP contribution in [-0.2, 0) is 14.8 Å². The lowest BCUT2D eigenvalue weighted by molar-refractivity contribution is -0.119. The first kappa shape index (κ1) is 22.1. The van der Waals surface area contributed by atoms with Crippen LogP contribution in [0.2, 0.25) is 0 Å². The molecular weight excluding hydrogens is 396 g/mol. The number of allylic oxidation sites excluding steroid dienone is 1. The first-order chi connectivity index (χ1) is 14.4. The molecule has 1 N–H and O–H groups in total. The standard InChI is InChI=1S/C24H30N2O3S/c1-19-12-14-22(15-13-19)30(28,29)26(23-11-7-6-8-20(23)2)18-24(27)25-17-16-21-9-4-3-5-10-21/h6-9,11-15H,3-5,10,16-18H2,1-2H3,(H,25,27). The van der Waals surface area contributed by atoms with Crippen LogP contribution in [0.4, 0.5) is 5.69 Å². The van der Waals surface area contributed by atoms with Crippen molar-refractivity contribution in [3.05, 3.63) is 71.3 Å². The highest BCUT2D eigenvalue weighted by Gasteiger charge is 2.28. The van der Waals surface area contributed by atoms with E-state index >= 15 is 0 Å². The Hall–Kier alpha value is -2.60. The number of benzene rings is 2. The van der Waals surface area contributed by atoms with Gasteiger partial charge in [-0.3, -0.25) is 9.10 Å². The van der Waals surface area contributed by atoms with E-state index in [9.17, 15) is 13.2 Å². The SMILES string of the molecule is Cc1ccc(S(=O)(=O)N(CC(=O)NCCC2=CCCCC2)c2ccccc2C)cc1. The van der Waals surface area contributed by atoms with Crippen LogP contribution in [0, 0.1) is 13.8 Å². The summed E-state index contributed by atoms with van der Waals surface area (Å²) in [5, 5.41) is 2.90. The molecule has 0 heterocycles. The number of carbonyl (C=O) groups is 1. The number of nitrogens with one attached hydrogen (secondary N) is 1. The van der Waals surface area contributed by atoms with Crippen LogP contribution in [-0.4, -0.2) is 27.4 Å². The van der Waals surface area contributed by atoms with Gasteiger partial charge < -0.3 is 5.32 Å². The topological polar surface area (TPSA) is 66.5 Å². The molecule has 0 aromatic heterocycles. The number of hydrogen-bond acceptors (Lipinski definition) is 3. The van der Waals surface area contributed by atoms with E-state index < -0.39 is 10.0 Å². The van der Waals surface area contributed by atoms with Crippen LogP contribution >= 0.6 is 0 Å². The molecule has 6 heteroatoms. The summed E-state index contributed by atoms with van der Waals surface area (Å²) in [6.07, 6.45) is 7.72. The highest BCUT2D eigenvalue weighted by Crippen LogP contribution is 2.27. The second kappa shape index (κ2) is 9.94. The number of amides is 1. The Bertz CT molecular complexity index is 1010. The minimum absolute atomic E-state index is 0.177. The van der Waals surface area contributed by atoms with Crippen molar-refractivity contribution in [2.45, 2.75) is 50.8 Å². The fraction of sp³-hybridized carbons (Fsp3) is 0.375. The van der Waals surface area contributed by atoms with Crippen molar-refractivity contribution in [2.75, 3.05) is 17.4 Å². The Kier molecular flexibility index (Phi) is 7.32. The summed E-state index contributed by atoms with van der Waals surface area (Å²) in [6, 6.07) is 13.9. The van der Waals surface area contributed by atoms with Crippen LogP contribution in [0.1, 0.15) is 43.2 Å². The zero-order chi connectivity index (χ0) is 21.6. The Morgan fingerprint density at radius 3 is 2.43 bits per heavy atom. The number of aryl methyl sites for hydroxylation is 2. The molecule has 0 fully saturated rings. The maximum Gasteiger partial charge on any atom is 0.264 e. The molecule has 30 heavy (non-hydrogen) atoms. The monoisotopic (exact) mass is 426 g/mol. The van der Waals surface area contributed by atoms with E-state index in [0.717, 1.165) is 30.4 Å². The molecule has 5 nitrogen and oxygen atoms in total. The first-order valence-corrected chi connectivity index (χ1v) is 11.9. The van der Waals surface area contributed by atoms with Crippen LogP contribution < -0.4 is 9.62 Å². The predicted octanol–water partition coefficient (Wildman–Crippen LogP) is 4.51. The van der Waals surface area contributed by atoms with E-state index in [1.807, 2.05) is 26.0 Å². The van der Waals surface area contributed by atoms with Crippen LogP contribution in [0.25, 0.3) is 0 Å². The molecule has 0 bridgehead atoms. The van der Waals surface area contributed by atoms with Gasteiger partial charge in [0.25, 0.3) is 10.0 Å². The highest BCUT2D eigenvalue weighted by atomic mass is 32.2. The van der Waals surface area contributed by atoms with Gasteiger partial charge in [0.1, 0.15) is 6.54 Å². The number of hydrogen-bond donors (Lipinski definition) is 1. The number of nitrogens with zero attached hydrogens (tertiary/aromatic N) is 1. The molecule has 1 amide bonds. The fourth-order valence-electron chi connectivity index (χ4n) is 3.66. The summed E-state index contributed by atoms with van der Waals surface area (Å²) in [5.74, 6) is -0.301. The second-order valence-electron chi connectivity index (χ2n) is 7.82. The Morgan fingerprint density at radius 2 is 1.77 bits per heavy atom. The van der Waals surface area contributed by atoms with Crippen molar-refractivity contribution in [3.8, 4) is 0 Å². The molecule has 1 aliphatic rings. The quantitative estimate of drug-likeness (QED) is 0.632. The minimum atomic E-state index is -3.87. The average molecular weight is 427 g/mol. The van der Waals surface area contributed by atoms with Crippen molar-refractivity contribution in [2.24, 2.45) is 0 Å². The molecule has 0 atom stereocenters. The molecule has 0 radical (unpaired) electrons. The van der Waals surface area contributed by atoms with E-state index in [1.54, 1.807) is 36.4 Å². The fourth-order valence-corrected chi connectivity index (χ4v) is 5.15. The van der Waals surface area contributed by atoms with Crippen molar-refractivity contribution >= 4 is 21.6 Å². The smallest absolute Gasteiger partial charge is 0.264 e. The third-order valence-corrected chi connectivity index (χ3v) is 7.21. The normalized spacial score (nSPS) is 14.1. The van der Waals surface area contributed by atoms with Gasteiger partial charge in [-0.15, -0.1) is 0 Å². The molecular formula is C24H30N2O3S. The third kappa shape index (κ3) is 5.51. The van der Waals surface area contributed by atoms with Gasteiger partial charge in [0, 0.05) is 6.54 Å². The Balaban J connectivity index is 1.78. The average Bonchev–Trinajstić information content (AvgIpc) is 2.74. The lowest BCUT2D eigenvalue weighted by Crippen LogP contribution is -2.41. The van der Waals surface area contributed by atoms with Crippen molar-refractivity contribution in [1.82, 2.24) is 5.32 Å². The zero-order valence-corrected chi connectivity index (χ0v) is 18.5. The molecule has 0 saturated heterocycles. The predicted molar refractivity (Wildman–Crippen MR) is 121 cm³/mol. The van der Waals surface area contributed by atoms with Crippen molar-refractivity contribution in [1.29, 1.82) is 0 Å². The largest absolute Gasteiger partial charge is 0.354 e. The number of para-hydroxylation sites is 1. The summed E-state index contributed by atoms with van der Waals surface area (Å²) >= 11 is 0. The molecule has 0 aliphatic heterocycles. The number of anilines is 1. The molecule has 2 aromatic carbocycles. The third-order valence-electron chi connectivity index (χ3n) is 5.43. The van der Waals surface area contributed by atoms with Crippen molar-refractivity contribution in [3.63, 3.8) is 0 Å². The molecule has 160 valence electrons. The van der Waals surface area contributed by atoms with Gasteiger partial charge in [-0.05, 0) is 69.7 Å². The van der Waals surface area contributed by atoms with E-state index in [-0.39, 0.29) is 17.3 Å². The zero-order valence-electron chi connectivity index (χ0n) is 17.7. The van der Waals surface area contributed by atoms with Gasteiger partial charge in [0.2, 0.25) is 5.91 Å². The minimum Gasteiger partial charge on any atom is -0.354 e. The second-order valence-corrected chi connectivity index (χ2v) is 9.68. The summed E-state index contributed by atoms with van der Waals surface area (Å²) in [4.78, 5) is 12.9. The molecule has 0 saturated carbocycles. The van der Waals surface area contributed by atoms with Gasteiger partial charge in [-0.25, -0.2) is 8.42 Å². The van der Waals surface area contributed by atoms with Gasteiger partial charge in [0.05, 0.1) is 10.6 Å². The van der Waals surface area contributed by atoms with Gasteiger partial charge in [-0.1, -0.05) is 47.5 Å². The first-order valence-electron chi connectivity index (χ1n) is 10.5.